The van der Waals surface area contributed by atoms with E-state index in [0.29, 0.717) is 6.54 Å². The average molecular weight is 299 g/mol. The molecule has 1 aliphatic rings. The van der Waals surface area contributed by atoms with Crippen molar-refractivity contribution in [3.63, 3.8) is 0 Å². The zero-order valence-electron chi connectivity index (χ0n) is 11.7. The number of nitrogens with one attached hydrogen (secondary N) is 2. The first-order valence-corrected chi connectivity index (χ1v) is 6.97. The molecule has 0 aliphatic carbocycles. The first-order valence-electron chi connectivity index (χ1n) is 6.97. The highest BCUT2D eigenvalue weighted by Gasteiger charge is 2.14. The number of rotatable bonds is 6. The van der Waals surface area contributed by atoms with Gasteiger partial charge in [-0.15, -0.1) is 0 Å². The highest BCUT2D eigenvalue weighted by Crippen LogP contribution is 2.20. The Bertz CT molecular complexity index is 482. The molecule has 1 heterocycles. The van der Waals surface area contributed by atoms with Crippen LogP contribution in [0.25, 0.3) is 0 Å². The van der Waals surface area contributed by atoms with Crippen LogP contribution < -0.4 is 10.6 Å². The number of carboxylic acid groups (broad SMARTS) is 1. The number of aromatic carboxylic acids is 1. The van der Waals surface area contributed by atoms with Crippen LogP contribution in [0.4, 0.5) is 14.5 Å². The van der Waals surface area contributed by atoms with E-state index in [4.69, 9.17) is 5.11 Å². The molecule has 1 fully saturated rings. The third-order valence-corrected chi connectivity index (χ3v) is 3.45. The molecule has 0 unspecified atom stereocenters. The van der Waals surface area contributed by atoms with Crippen molar-refractivity contribution < 1.29 is 18.7 Å². The number of carbonyl (C=O) groups is 1. The lowest BCUT2D eigenvalue weighted by Gasteiger charge is -2.27. The smallest absolute Gasteiger partial charge is 0.335 e. The first-order chi connectivity index (χ1) is 10.1. The summed E-state index contributed by atoms with van der Waals surface area (Å²) in [4.78, 5) is 13.0. The lowest BCUT2D eigenvalue weighted by atomic mass is 10.2. The number of anilines is 1. The minimum atomic E-state index is -1.35. The summed E-state index contributed by atoms with van der Waals surface area (Å²) in [6.45, 7) is 5.20. The molecule has 1 aromatic rings. The van der Waals surface area contributed by atoms with Gasteiger partial charge in [0.15, 0.2) is 0 Å². The molecule has 3 N–H and O–H groups in total. The Labute approximate surface area is 121 Å². The average Bonchev–Trinajstić information content (AvgIpc) is 2.46. The lowest BCUT2D eigenvalue weighted by molar-refractivity contribution is 0.0696. The summed E-state index contributed by atoms with van der Waals surface area (Å²) in [6.07, 6.45) is 0.763. The molecule has 1 saturated heterocycles. The van der Waals surface area contributed by atoms with Gasteiger partial charge in [-0.05, 0) is 25.1 Å². The summed E-state index contributed by atoms with van der Waals surface area (Å²) in [5.41, 5.74) is -0.656. The van der Waals surface area contributed by atoms with E-state index in [-0.39, 0.29) is 5.69 Å². The van der Waals surface area contributed by atoms with Gasteiger partial charge in [-0.25, -0.2) is 13.6 Å². The van der Waals surface area contributed by atoms with Gasteiger partial charge in [-0.2, -0.15) is 0 Å². The van der Waals surface area contributed by atoms with Crippen LogP contribution in [0, 0.1) is 11.6 Å². The monoisotopic (exact) mass is 299 g/mol. The molecule has 21 heavy (non-hydrogen) atoms. The molecule has 7 heteroatoms. The Morgan fingerprint density at radius 1 is 1.29 bits per heavy atom. The van der Waals surface area contributed by atoms with Gasteiger partial charge in [-0.1, -0.05) is 0 Å². The Balaban J connectivity index is 1.84. The van der Waals surface area contributed by atoms with Crippen molar-refractivity contribution in [1.29, 1.82) is 0 Å². The Kier molecular flexibility index (Phi) is 5.46. The van der Waals surface area contributed by atoms with Crippen molar-refractivity contribution in [2.45, 2.75) is 6.42 Å². The number of piperazine rings is 1. The van der Waals surface area contributed by atoms with Crippen molar-refractivity contribution >= 4 is 11.7 Å². The molecule has 1 aliphatic heterocycles. The molecule has 0 aromatic heterocycles. The number of halogens is 2. The summed E-state index contributed by atoms with van der Waals surface area (Å²) in [5.74, 6) is -3.11. The molecule has 1 aromatic carbocycles. The van der Waals surface area contributed by atoms with Crippen molar-refractivity contribution in [2.24, 2.45) is 0 Å². The zero-order chi connectivity index (χ0) is 15.2. The minimum Gasteiger partial charge on any atom is -0.478 e. The van der Waals surface area contributed by atoms with Crippen molar-refractivity contribution in [3.8, 4) is 0 Å². The largest absolute Gasteiger partial charge is 0.478 e. The van der Waals surface area contributed by atoms with Gasteiger partial charge in [0.25, 0.3) is 0 Å². The van der Waals surface area contributed by atoms with E-state index < -0.39 is 23.2 Å². The topological polar surface area (TPSA) is 64.6 Å². The first kappa shape index (κ1) is 15.7. The fourth-order valence-corrected chi connectivity index (χ4v) is 2.32. The number of benzene rings is 1. The molecule has 0 spiro atoms. The highest BCUT2D eigenvalue weighted by atomic mass is 19.1. The van der Waals surface area contributed by atoms with E-state index >= 15 is 0 Å². The number of hydrogen-bond donors (Lipinski definition) is 3. The molecule has 0 saturated carbocycles. The van der Waals surface area contributed by atoms with Crippen molar-refractivity contribution in [2.75, 3.05) is 44.6 Å². The third kappa shape index (κ3) is 4.37. The van der Waals surface area contributed by atoms with E-state index in [1.54, 1.807) is 0 Å². The van der Waals surface area contributed by atoms with E-state index in [2.05, 4.69) is 15.5 Å². The van der Waals surface area contributed by atoms with Gasteiger partial charge in [0, 0.05) is 32.7 Å². The standard InChI is InChI=1S/C14H19F2N3O2/c15-11-8-10(14(20)21)9-12(16)13(11)18-2-1-5-19-6-3-17-4-7-19/h8-9,17-18H,1-7H2,(H,20,21). The number of carboxylic acids is 1. The molecule has 2 rings (SSSR count). The summed E-state index contributed by atoms with van der Waals surface area (Å²) in [7, 11) is 0. The quantitative estimate of drug-likeness (QED) is 0.693. The second-order valence-corrected chi connectivity index (χ2v) is 4.99. The van der Waals surface area contributed by atoms with Crippen LogP contribution in [0.1, 0.15) is 16.8 Å². The fourth-order valence-electron chi connectivity index (χ4n) is 2.32. The Hall–Kier alpha value is -1.73. The molecule has 116 valence electrons. The van der Waals surface area contributed by atoms with E-state index in [1.807, 2.05) is 0 Å². The fraction of sp³-hybridized carbons (Fsp3) is 0.500. The second kappa shape index (κ2) is 7.33. The number of hydrogen-bond acceptors (Lipinski definition) is 4. The minimum absolute atomic E-state index is 0.264. The normalized spacial score (nSPS) is 15.9. The third-order valence-electron chi connectivity index (χ3n) is 3.45. The maximum atomic E-state index is 13.7. The predicted molar refractivity (Wildman–Crippen MR) is 75.7 cm³/mol. The number of nitrogens with zero attached hydrogens (tertiary/aromatic N) is 1. The second-order valence-electron chi connectivity index (χ2n) is 4.99. The van der Waals surface area contributed by atoms with Gasteiger partial charge >= 0.3 is 5.97 Å². The van der Waals surface area contributed by atoms with Gasteiger partial charge in [0.2, 0.25) is 0 Å². The summed E-state index contributed by atoms with van der Waals surface area (Å²) < 4.78 is 27.3. The predicted octanol–water partition coefficient (Wildman–Crippen LogP) is 1.37. The van der Waals surface area contributed by atoms with Gasteiger partial charge in [-0.3, -0.25) is 0 Å². The SMILES string of the molecule is O=C(O)c1cc(F)c(NCCCN2CCNCC2)c(F)c1. The molecule has 0 bridgehead atoms. The summed E-state index contributed by atoms with van der Waals surface area (Å²) >= 11 is 0. The van der Waals surface area contributed by atoms with Crippen molar-refractivity contribution in [1.82, 2.24) is 10.2 Å². The van der Waals surface area contributed by atoms with Crippen LogP contribution in [0.15, 0.2) is 12.1 Å². The Morgan fingerprint density at radius 3 is 2.48 bits per heavy atom. The van der Waals surface area contributed by atoms with Crippen LogP contribution in [-0.2, 0) is 0 Å². The molecule has 0 amide bonds. The Morgan fingerprint density at radius 2 is 1.90 bits per heavy atom. The van der Waals surface area contributed by atoms with E-state index in [9.17, 15) is 13.6 Å². The van der Waals surface area contributed by atoms with E-state index in [1.165, 1.54) is 0 Å². The van der Waals surface area contributed by atoms with Crippen LogP contribution >= 0.6 is 0 Å². The van der Waals surface area contributed by atoms with Crippen molar-refractivity contribution in [3.05, 3.63) is 29.3 Å². The molecule has 0 atom stereocenters. The van der Waals surface area contributed by atoms with E-state index in [0.717, 1.165) is 51.3 Å². The zero-order valence-corrected chi connectivity index (χ0v) is 11.7. The van der Waals surface area contributed by atoms with Crippen LogP contribution in [0.5, 0.6) is 0 Å². The highest BCUT2D eigenvalue weighted by molar-refractivity contribution is 5.88. The van der Waals surface area contributed by atoms with Gasteiger partial charge in [0.1, 0.15) is 17.3 Å². The molecular weight excluding hydrogens is 280 g/mol. The van der Waals surface area contributed by atoms with Gasteiger partial charge in [0.05, 0.1) is 5.56 Å². The maximum absolute atomic E-state index is 13.7. The summed E-state index contributed by atoms with van der Waals surface area (Å²) in [5, 5.41) is 14.7. The van der Waals surface area contributed by atoms with Crippen LogP contribution in [-0.4, -0.2) is 55.2 Å². The van der Waals surface area contributed by atoms with Crippen LogP contribution in [0.3, 0.4) is 0 Å². The van der Waals surface area contributed by atoms with Crippen LogP contribution in [0.2, 0.25) is 0 Å². The summed E-state index contributed by atoms with van der Waals surface area (Å²) in [6, 6.07) is 1.65. The maximum Gasteiger partial charge on any atom is 0.335 e. The molecular formula is C14H19F2N3O2. The molecule has 0 radical (unpaired) electrons. The molecule has 5 nitrogen and oxygen atoms in total. The van der Waals surface area contributed by atoms with Gasteiger partial charge < -0.3 is 20.6 Å². The lowest BCUT2D eigenvalue weighted by Crippen LogP contribution is -2.44.